The second-order valence-electron chi connectivity index (χ2n) is 6.47. The molecule has 138 valence electrons. The first-order chi connectivity index (χ1) is 12.6. The molecule has 0 atom stereocenters. The highest BCUT2D eigenvalue weighted by atomic mass is 19.1. The predicted molar refractivity (Wildman–Crippen MR) is 95.2 cm³/mol. The van der Waals surface area contributed by atoms with Crippen LogP contribution in [0.15, 0.2) is 30.3 Å². The van der Waals surface area contributed by atoms with E-state index in [4.69, 9.17) is 0 Å². The summed E-state index contributed by atoms with van der Waals surface area (Å²) in [7, 11) is 0. The fourth-order valence-electron chi connectivity index (χ4n) is 3.11. The fourth-order valence-corrected chi connectivity index (χ4v) is 3.11. The molecule has 6 nitrogen and oxygen atoms in total. The topological polar surface area (TPSA) is 69.3 Å². The first kappa shape index (κ1) is 18.1. The molecular formula is C19H23FN4O2. The fraction of sp³-hybridized carbons (Fsp3) is 0.421. The quantitative estimate of drug-likeness (QED) is 0.889. The second kappa shape index (κ2) is 8.12. The highest BCUT2D eigenvalue weighted by Crippen LogP contribution is 2.12. The number of H-pyrrole nitrogens is 1. The summed E-state index contributed by atoms with van der Waals surface area (Å²) in [4.78, 5) is 28.3. The number of benzene rings is 1. The number of aromatic nitrogens is 2. The summed E-state index contributed by atoms with van der Waals surface area (Å²) >= 11 is 0. The van der Waals surface area contributed by atoms with Crippen molar-refractivity contribution >= 4 is 11.8 Å². The lowest BCUT2D eigenvalue weighted by atomic mass is 10.1. The summed E-state index contributed by atoms with van der Waals surface area (Å²) in [5, 5.41) is 6.98. The molecular weight excluding hydrogens is 335 g/mol. The smallest absolute Gasteiger partial charge is 0.274 e. The Labute approximate surface area is 152 Å². The number of halogens is 1. The zero-order chi connectivity index (χ0) is 18.5. The molecule has 1 aliphatic rings. The van der Waals surface area contributed by atoms with Crippen molar-refractivity contribution in [2.75, 3.05) is 26.2 Å². The van der Waals surface area contributed by atoms with Gasteiger partial charge in [0.15, 0.2) is 0 Å². The lowest BCUT2D eigenvalue weighted by Gasteiger charge is -2.34. The number of hydrogen-bond acceptors (Lipinski definition) is 3. The van der Waals surface area contributed by atoms with Crippen LogP contribution in [0.25, 0.3) is 0 Å². The van der Waals surface area contributed by atoms with E-state index in [9.17, 15) is 14.0 Å². The zero-order valence-electron chi connectivity index (χ0n) is 14.9. The minimum atomic E-state index is -0.365. The molecule has 1 N–H and O–H groups in total. The molecule has 0 aliphatic carbocycles. The molecule has 1 saturated heterocycles. The van der Waals surface area contributed by atoms with Crippen LogP contribution in [0.2, 0.25) is 0 Å². The summed E-state index contributed by atoms with van der Waals surface area (Å²) in [6.07, 6.45) is 1.89. The van der Waals surface area contributed by atoms with E-state index >= 15 is 0 Å². The van der Waals surface area contributed by atoms with Gasteiger partial charge >= 0.3 is 0 Å². The molecule has 1 aliphatic heterocycles. The van der Waals surface area contributed by atoms with Gasteiger partial charge in [0.25, 0.3) is 5.91 Å². The Morgan fingerprint density at radius 1 is 1.15 bits per heavy atom. The van der Waals surface area contributed by atoms with Crippen LogP contribution in [-0.4, -0.2) is 58.0 Å². The van der Waals surface area contributed by atoms with Gasteiger partial charge in [-0.2, -0.15) is 5.10 Å². The number of carbonyl (C=O) groups excluding carboxylic acids is 2. The van der Waals surface area contributed by atoms with Crippen LogP contribution in [0.4, 0.5) is 4.39 Å². The molecule has 3 rings (SSSR count). The predicted octanol–water partition coefficient (Wildman–Crippen LogP) is 2.03. The maximum Gasteiger partial charge on any atom is 0.274 e. The van der Waals surface area contributed by atoms with Crippen LogP contribution in [0.1, 0.15) is 35.1 Å². The lowest BCUT2D eigenvalue weighted by molar-refractivity contribution is -0.132. The van der Waals surface area contributed by atoms with Crippen molar-refractivity contribution in [1.29, 1.82) is 0 Å². The van der Waals surface area contributed by atoms with Crippen LogP contribution in [-0.2, 0) is 17.6 Å². The van der Waals surface area contributed by atoms with Crippen molar-refractivity contribution in [2.45, 2.75) is 26.2 Å². The molecule has 2 heterocycles. The van der Waals surface area contributed by atoms with Gasteiger partial charge in [0.05, 0.1) is 6.42 Å². The maximum atomic E-state index is 13.7. The molecule has 0 unspecified atom stereocenters. The molecule has 2 amide bonds. The average Bonchev–Trinajstić information content (AvgIpc) is 3.12. The van der Waals surface area contributed by atoms with E-state index < -0.39 is 0 Å². The van der Waals surface area contributed by atoms with E-state index in [2.05, 4.69) is 17.1 Å². The molecule has 2 aromatic rings. The molecule has 1 aromatic carbocycles. The molecule has 26 heavy (non-hydrogen) atoms. The Kier molecular flexibility index (Phi) is 5.65. The van der Waals surface area contributed by atoms with Gasteiger partial charge in [0, 0.05) is 31.9 Å². The Bertz CT molecular complexity index is 781. The molecule has 0 saturated carbocycles. The molecule has 1 fully saturated rings. The zero-order valence-corrected chi connectivity index (χ0v) is 14.9. The van der Waals surface area contributed by atoms with Crippen LogP contribution in [0, 0.1) is 5.82 Å². The number of carbonyl (C=O) groups is 2. The first-order valence-corrected chi connectivity index (χ1v) is 8.93. The Hall–Kier alpha value is -2.70. The van der Waals surface area contributed by atoms with Crippen LogP contribution in [0.3, 0.4) is 0 Å². The van der Waals surface area contributed by atoms with E-state index in [1.165, 1.54) is 6.07 Å². The van der Waals surface area contributed by atoms with Crippen LogP contribution in [0.5, 0.6) is 0 Å². The van der Waals surface area contributed by atoms with E-state index in [0.29, 0.717) is 37.4 Å². The van der Waals surface area contributed by atoms with E-state index in [1.54, 1.807) is 34.1 Å². The normalized spacial score (nSPS) is 14.5. The summed E-state index contributed by atoms with van der Waals surface area (Å²) in [6.45, 7) is 3.88. The summed E-state index contributed by atoms with van der Waals surface area (Å²) in [5.74, 6) is -0.604. The number of aryl methyl sites for hydroxylation is 1. The number of amides is 2. The number of rotatable bonds is 5. The summed E-state index contributed by atoms with van der Waals surface area (Å²) in [6, 6.07) is 8.10. The minimum absolute atomic E-state index is 0.0420. The van der Waals surface area contributed by atoms with Crippen molar-refractivity contribution < 1.29 is 14.0 Å². The van der Waals surface area contributed by atoms with Crippen molar-refractivity contribution in [1.82, 2.24) is 20.0 Å². The third kappa shape index (κ3) is 4.09. The van der Waals surface area contributed by atoms with E-state index in [0.717, 1.165) is 18.5 Å². The van der Waals surface area contributed by atoms with Crippen molar-refractivity contribution in [3.63, 3.8) is 0 Å². The Morgan fingerprint density at radius 2 is 1.85 bits per heavy atom. The third-order valence-corrected chi connectivity index (χ3v) is 4.59. The van der Waals surface area contributed by atoms with Crippen molar-refractivity contribution in [3.8, 4) is 0 Å². The number of piperazine rings is 1. The number of aromatic amines is 1. The summed E-state index contributed by atoms with van der Waals surface area (Å²) in [5.41, 5.74) is 1.77. The van der Waals surface area contributed by atoms with Crippen molar-refractivity contribution in [3.05, 3.63) is 53.1 Å². The van der Waals surface area contributed by atoms with Gasteiger partial charge in [-0.1, -0.05) is 31.5 Å². The van der Waals surface area contributed by atoms with E-state index in [1.807, 2.05) is 0 Å². The third-order valence-electron chi connectivity index (χ3n) is 4.59. The molecule has 0 bridgehead atoms. The molecule has 1 aromatic heterocycles. The standard InChI is InChI=1S/C19H23FN4O2/c1-2-5-15-13-17(22-21-15)19(26)24-10-8-23(9-11-24)18(25)12-14-6-3-4-7-16(14)20/h3-4,6-7,13H,2,5,8-12H2,1H3,(H,21,22). The maximum absolute atomic E-state index is 13.7. The number of nitrogens with zero attached hydrogens (tertiary/aromatic N) is 3. The number of nitrogens with one attached hydrogen (secondary N) is 1. The van der Waals surface area contributed by atoms with Crippen LogP contribution >= 0.6 is 0 Å². The van der Waals surface area contributed by atoms with Crippen molar-refractivity contribution in [2.24, 2.45) is 0 Å². The minimum Gasteiger partial charge on any atom is -0.339 e. The molecule has 0 spiro atoms. The van der Waals surface area contributed by atoms with Gasteiger partial charge in [0.2, 0.25) is 5.91 Å². The van der Waals surface area contributed by atoms with Gasteiger partial charge in [-0.25, -0.2) is 4.39 Å². The Balaban J connectivity index is 1.54. The monoisotopic (exact) mass is 358 g/mol. The van der Waals surface area contributed by atoms with Gasteiger partial charge < -0.3 is 9.80 Å². The van der Waals surface area contributed by atoms with Gasteiger partial charge in [-0.15, -0.1) is 0 Å². The summed E-state index contributed by atoms with van der Waals surface area (Å²) < 4.78 is 13.7. The van der Waals surface area contributed by atoms with Gasteiger partial charge in [-0.05, 0) is 24.1 Å². The molecule has 0 radical (unpaired) electrons. The SMILES string of the molecule is CCCc1cc(C(=O)N2CCN(C(=O)Cc3ccccc3F)CC2)n[nH]1. The van der Waals surface area contributed by atoms with E-state index in [-0.39, 0.29) is 24.1 Å². The highest BCUT2D eigenvalue weighted by molar-refractivity contribution is 5.92. The lowest BCUT2D eigenvalue weighted by Crippen LogP contribution is -2.51. The van der Waals surface area contributed by atoms with Gasteiger partial charge in [0.1, 0.15) is 11.5 Å². The number of hydrogen-bond donors (Lipinski definition) is 1. The largest absolute Gasteiger partial charge is 0.339 e. The Morgan fingerprint density at radius 3 is 2.54 bits per heavy atom. The molecule has 7 heteroatoms. The second-order valence-corrected chi connectivity index (χ2v) is 6.47. The average molecular weight is 358 g/mol. The highest BCUT2D eigenvalue weighted by Gasteiger charge is 2.26. The first-order valence-electron chi connectivity index (χ1n) is 8.93. The van der Waals surface area contributed by atoms with Gasteiger partial charge in [-0.3, -0.25) is 14.7 Å². The van der Waals surface area contributed by atoms with Crippen LogP contribution < -0.4 is 0 Å².